The van der Waals surface area contributed by atoms with E-state index in [1.165, 1.54) is 28.9 Å². The molecule has 1 amide bonds. The van der Waals surface area contributed by atoms with Gasteiger partial charge in [0.25, 0.3) is 5.91 Å². The first-order valence-electron chi connectivity index (χ1n) is 8.50. The number of nitrogens with two attached hydrogens (primary N) is 2. The van der Waals surface area contributed by atoms with E-state index in [1.54, 1.807) is 42.5 Å². The molecule has 0 aliphatic rings. The lowest BCUT2D eigenvalue weighted by molar-refractivity contribution is 0.0996. The number of primary sulfonamides is 1. The Morgan fingerprint density at radius 3 is 2.31 bits per heavy atom. The minimum absolute atomic E-state index is 0.0391. The van der Waals surface area contributed by atoms with Crippen molar-refractivity contribution >= 4 is 26.8 Å². The predicted molar refractivity (Wildman–Crippen MR) is 108 cm³/mol. The maximum Gasteiger partial charge on any atom is 0.269 e. The molecule has 0 fully saturated rings. The number of carbonyl (C=O) groups excluding carboxylic acids is 1. The molecular weight excluding hydrogens is 392 g/mol. The Balaban J connectivity index is 1.94. The first-order valence-corrected chi connectivity index (χ1v) is 10.0. The Bertz CT molecular complexity index is 1360. The monoisotopic (exact) mass is 408 g/mol. The summed E-state index contributed by atoms with van der Waals surface area (Å²) in [5.74, 6) is -0.573. The highest BCUT2D eigenvalue weighted by Crippen LogP contribution is 2.32. The number of phenols is 1. The molecule has 0 radical (unpaired) electrons. The highest BCUT2D eigenvalue weighted by atomic mass is 32.2. The van der Waals surface area contributed by atoms with Crippen LogP contribution in [-0.2, 0) is 10.0 Å². The third-order valence-electron chi connectivity index (χ3n) is 4.54. The third-order valence-corrected chi connectivity index (χ3v) is 5.47. The molecule has 1 aromatic heterocycles. The van der Waals surface area contributed by atoms with Gasteiger partial charge in [-0.1, -0.05) is 24.3 Å². The van der Waals surface area contributed by atoms with E-state index in [1.807, 2.05) is 0 Å². The summed E-state index contributed by atoms with van der Waals surface area (Å²) in [7, 11) is -3.83. The van der Waals surface area contributed by atoms with Crippen molar-refractivity contribution in [3.05, 3.63) is 72.4 Å². The van der Waals surface area contributed by atoms with Gasteiger partial charge in [-0.25, -0.2) is 18.2 Å². The molecule has 8 nitrogen and oxygen atoms in total. The fourth-order valence-electron chi connectivity index (χ4n) is 3.16. The van der Waals surface area contributed by atoms with Gasteiger partial charge in [0, 0.05) is 10.9 Å². The number of rotatable bonds is 4. The van der Waals surface area contributed by atoms with Crippen molar-refractivity contribution < 1.29 is 18.3 Å². The molecule has 5 N–H and O–H groups in total. The van der Waals surface area contributed by atoms with E-state index >= 15 is 0 Å². The molecule has 0 bridgehead atoms. The van der Waals surface area contributed by atoms with E-state index < -0.39 is 15.9 Å². The highest BCUT2D eigenvalue weighted by molar-refractivity contribution is 7.89. The van der Waals surface area contributed by atoms with Crippen molar-refractivity contribution in [1.29, 1.82) is 0 Å². The molecule has 29 heavy (non-hydrogen) atoms. The van der Waals surface area contributed by atoms with Crippen LogP contribution in [0, 0.1) is 0 Å². The standard InChI is InChI=1S/C20H16N4O4S/c21-20(26)19-16-10-5-12(15-3-1-2-4-18(15)25)11-17(16)24(23-19)13-6-8-14(9-7-13)29(22,27)28/h1-11,25H,(H2,21,26)(H2,22,27,28). The number of hydrogen-bond acceptors (Lipinski definition) is 5. The number of carbonyl (C=O) groups is 1. The molecule has 0 aliphatic heterocycles. The van der Waals surface area contributed by atoms with Crippen LogP contribution in [0.3, 0.4) is 0 Å². The summed E-state index contributed by atoms with van der Waals surface area (Å²) >= 11 is 0. The van der Waals surface area contributed by atoms with Crippen LogP contribution in [0.1, 0.15) is 10.5 Å². The normalized spacial score (nSPS) is 11.6. The van der Waals surface area contributed by atoms with E-state index in [-0.39, 0.29) is 16.3 Å². The Labute approximate surface area is 166 Å². The van der Waals surface area contributed by atoms with Gasteiger partial charge in [-0.05, 0) is 48.0 Å². The zero-order valence-electron chi connectivity index (χ0n) is 15.0. The molecule has 1 heterocycles. The SMILES string of the molecule is NC(=O)c1nn(-c2ccc(S(N)(=O)=O)cc2)c2cc(-c3ccccc3O)ccc12. The predicted octanol–water partition coefficient (Wildman–Crippen LogP) is 2.14. The number of primary amides is 1. The molecule has 0 atom stereocenters. The molecule has 0 saturated carbocycles. The van der Waals surface area contributed by atoms with Crippen molar-refractivity contribution in [3.8, 4) is 22.6 Å². The van der Waals surface area contributed by atoms with Crippen molar-refractivity contribution in [2.45, 2.75) is 4.90 Å². The molecule has 0 saturated heterocycles. The Morgan fingerprint density at radius 2 is 1.69 bits per heavy atom. The van der Waals surface area contributed by atoms with Crippen LogP contribution in [0.2, 0.25) is 0 Å². The maximum atomic E-state index is 11.9. The van der Waals surface area contributed by atoms with Gasteiger partial charge < -0.3 is 10.8 Å². The van der Waals surface area contributed by atoms with Gasteiger partial charge in [0.1, 0.15) is 5.75 Å². The molecular formula is C20H16N4O4S. The zero-order chi connectivity index (χ0) is 20.8. The third kappa shape index (κ3) is 3.33. The summed E-state index contributed by atoms with van der Waals surface area (Å²) in [6.07, 6.45) is 0. The van der Waals surface area contributed by atoms with Gasteiger partial charge in [0.2, 0.25) is 10.0 Å². The summed E-state index contributed by atoms with van der Waals surface area (Å²) in [5.41, 5.74) is 7.98. The molecule has 9 heteroatoms. The van der Waals surface area contributed by atoms with E-state index in [2.05, 4.69) is 5.10 Å². The first-order chi connectivity index (χ1) is 13.8. The Hall–Kier alpha value is -3.69. The summed E-state index contributed by atoms with van der Waals surface area (Å²) in [6, 6.07) is 17.9. The largest absolute Gasteiger partial charge is 0.507 e. The topological polar surface area (TPSA) is 141 Å². The average molecular weight is 408 g/mol. The van der Waals surface area contributed by atoms with Crippen molar-refractivity contribution in [1.82, 2.24) is 9.78 Å². The van der Waals surface area contributed by atoms with Crippen LogP contribution in [-0.4, -0.2) is 29.2 Å². The van der Waals surface area contributed by atoms with Crippen molar-refractivity contribution in [2.75, 3.05) is 0 Å². The van der Waals surface area contributed by atoms with Crippen LogP contribution in [0.5, 0.6) is 5.75 Å². The minimum atomic E-state index is -3.83. The van der Waals surface area contributed by atoms with E-state index in [0.717, 1.165) is 0 Å². The molecule has 0 aliphatic carbocycles. The lowest BCUT2D eigenvalue weighted by atomic mass is 10.0. The summed E-state index contributed by atoms with van der Waals surface area (Å²) in [5, 5.41) is 20.1. The second-order valence-corrected chi connectivity index (χ2v) is 7.97. The smallest absolute Gasteiger partial charge is 0.269 e. The van der Waals surface area contributed by atoms with Gasteiger partial charge in [-0.15, -0.1) is 0 Å². The van der Waals surface area contributed by atoms with Gasteiger partial charge in [0.05, 0.1) is 16.1 Å². The van der Waals surface area contributed by atoms with Gasteiger partial charge in [0.15, 0.2) is 5.69 Å². The van der Waals surface area contributed by atoms with Crippen LogP contribution >= 0.6 is 0 Å². The van der Waals surface area contributed by atoms with E-state index in [0.29, 0.717) is 27.7 Å². The van der Waals surface area contributed by atoms with Crippen LogP contribution in [0.4, 0.5) is 0 Å². The fourth-order valence-corrected chi connectivity index (χ4v) is 3.67. The summed E-state index contributed by atoms with van der Waals surface area (Å²) in [4.78, 5) is 11.8. The van der Waals surface area contributed by atoms with E-state index in [9.17, 15) is 18.3 Å². The summed E-state index contributed by atoms with van der Waals surface area (Å²) in [6.45, 7) is 0. The molecule has 0 spiro atoms. The number of amides is 1. The quantitative estimate of drug-likeness (QED) is 0.474. The lowest BCUT2D eigenvalue weighted by Gasteiger charge is -2.07. The number of hydrogen-bond donors (Lipinski definition) is 3. The van der Waals surface area contributed by atoms with Crippen LogP contribution in [0.25, 0.3) is 27.7 Å². The van der Waals surface area contributed by atoms with Gasteiger partial charge in [-0.3, -0.25) is 4.79 Å². The number of sulfonamides is 1. The number of nitrogens with zero attached hydrogens (tertiary/aromatic N) is 2. The molecule has 0 unspecified atom stereocenters. The zero-order valence-corrected chi connectivity index (χ0v) is 15.8. The Kier molecular flexibility index (Phi) is 4.33. The second kappa shape index (κ2) is 6.73. The van der Waals surface area contributed by atoms with Crippen molar-refractivity contribution in [2.24, 2.45) is 10.9 Å². The number of aromatic nitrogens is 2. The highest BCUT2D eigenvalue weighted by Gasteiger charge is 2.18. The first kappa shape index (κ1) is 18.7. The Morgan fingerprint density at radius 1 is 1.00 bits per heavy atom. The van der Waals surface area contributed by atoms with Gasteiger partial charge in [-0.2, -0.15) is 5.10 Å². The fraction of sp³-hybridized carbons (Fsp3) is 0. The average Bonchev–Trinajstić information content (AvgIpc) is 3.07. The van der Waals surface area contributed by atoms with Gasteiger partial charge >= 0.3 is 0 Å². The number of phenolic OH excluding ortho intramolecular Hbond substituents is 1. The maximum absolute atomic E-state index is 11.9. The number of benzene rings is 3. The van der Waals surface area contributed by atoms with Crippen LogP contribution in [0.15, 0.2) is 71.6 Å². The number of para-hydroxylation sites is 1. The number of aromatic hydroxyl groups is 1. The van der Waals surface area contributed by atoms with E-state index in [4.69, 9.17) is 10.9 Å². The lowest BCUT2D eigenvalue weighted by Crippen LogP contribution is -2.13. The molecule has 3 aromatic carbocycles. The molecule has 4 rings (SSSR count). The molecule has 146 valence electrons. The second-order valence-electron chi connectivity index (χ2n) is 6.41. The summed E-state index contributed by atoms with van der Waals surface area (Å²) < 4.78 is 24.5. The van der Waals surface area contributed by atoms with Crippen LogP contribution < -0.4 is 10.9 Å². The minimum Gasteiger partial charge on any atom is -0.507 e. The van der Waals surface area contributed by atoms with Crippen molar-refractivity contribution in [3.63, 3.8) is 0 Å². The number of fused-ring (bicyclic) bond motifs is 1. The molecule has 4 aromatic rings.